The van der Waals surface area contributed by atoms with Crippen molar-refractivity contribution in [2.45, 2.75) is 13.3 Å². The highest BCUT2D eigenvalue weighted by Crippen LogP contribution is 2.22. The van der Waals surface area contributed by atoms with Gasteiger partial charge in [-0.15, -0.1) is 0 Å². The number of anilines is 1. The molecule has 0 unspecified atom stereocenters. The van der Waals surface area contributed by atoms with E-state index >= 15 is 0 Å². The average molecular weight is 171 g/mol. The van der Waals surface area contributed by atoms with Gasteiger partial charge in [-0.1, -0.05) is 18.5 Å². The van der Waals surface area contributed by atoms with Gasteiger partial charge in [0.25, 0.3) is 0 Å². The molecule has 2 nitrogen and oxygen atoms in total. The van der Waals surface area contributed by atoms with Crippen LogP contribution < -0.4 is 5.32 Å². The van der Waals surface area contributed by atoms with Gasteiger partial charge in [0.2, 0.25) is 0 Å². The standard InChI is InChI=1S/C8H11ClN2/c1-3-6-4-5-11-8(10-2)7(6)9/h4-5H,3H2,1-2H3,(H,10,11). The molecule has 1 rings (SSSR count). The number of aryl methyl sites for hydroxylation is 1. The number of nitrogens with zero attached hydrogens (tertiary/aromatic N) is 1. The first-order valence-corrected chi connectivity index (χ1v) is 3.98. The van der Waals surface area contributed by atoms with Crippen molar-refractivity contribution in [3.05, 3.63) is 22.8 Å². The van der Waals surface area contributed by atoms with Gasteiger partial charge in [-0.2, -0.15) is 0 Å². The molecular formula is C8H11ClN2. The van der Waals surface area contributed by atoms with Crippen LogP contribution in [-0.2, 0) is 6.42 Å². The van der Waals surface area contributed by atoms with Gasteiger partial charge in [0.15, 0.2) is 0 Å². The molecule has 0 radical (unpaired) electrons. The number of nitrogens with one attached hydrogen (secondary N) is 1. The van der Waals surface area contributed by atoms with Crippen LogP contribution in [0, 0.1) is 0 Å². The van der Waals surface area contributed by atoms with Crippen molar-refractivity contribution >= 4 is 17.4 Å². The van der Waals surface area contributed by atoms with Crippen LogP contribution in [-0.4, -0.2) is 12.0 Å². The van der Waals surface area contributed by atoms with E-state index in [1.165, 1.54) is 0 Å². The van der Waals surface area contributed by atoms with Gasteiger partial charge in [0, 0.05) is 13.2 Å². The largest absolute Gasteiger partial charge is 0.372 e. The highest BCUT2D eigenvalue weighted by molar-refractivity contribution is 6.33. The molecule has 3 heteroatoms. The zero-order valence-corrected chi connectivity index (χ0v) is 7.44. The van der Waals surface area contributed by atoms with E-state index in [4.69, 9.17) is 11.6 Å². The van der Waals surface area contributed by atoms with Crippen molar-refractivity contribution in [3.8, 4) is 0 Å². The predicted molar refractivity (Wildman–Crippen MR) is 48.2 cm³/mol. The Labute approximate surface area is 71.6 Å². The maximum atomic E-state index is 5.98. The van der Waals surface area contributed by atoms with Crippen LogP contribution in [0.15, 0.2) is 12.3 Å². The van der Waals surface area contributed by atoms with Crippen molar-refractivity contribution in [3.63, 3.8) is 0 Å². The topological polar surface area (TPSA) is 24.9 Å². The molecule has 0 amide bonds. The average Bonchev–Trinajstić information content (AvgIpc) is 2.05. The summed E-state index contributed by atoms with van der Waals surface area (Å²) in [6.07, 6.45) is 2.70. The second-order valence-corrected chi connectivity index (χ2v) is 2.61. The third-order valence-electron chi connectivity index (χ3n) is 1.59. The van der Waals surface area contributed by atoms with Crippen molar-refractivity contribution < 1.29 is 0 Å². The minimum atomic E-state index is 0.734. The molecule has 1 aromatic rings. The zero-order valence-electron chi connectivity index (χ0n) is 6.69. The molecule has 0 bridgehead atoms. The Morgan fingerprint density at radius 3 is 2.91 bits per heavy atom. The monoisotopic (exact) mass is 170 g/mol. The van der Waals surface area contributed by atoms with Crippen LogP contribution >= 0.6 is 11.6 Å². The van der Waals surface area contributed by atoms with Crippen molar-refractivity contribution in [2.75, 3.05) is 12.4 Å². The predicted octanol–water partition coefficient (Wildman–Crippen LogP) is 2.34. The Hall–Kier alpha value is -0.760. The quantitative estimate of drug-likeness (QED) is 0.737. The lowest BCUT2D eigenvalue weighted by atomic mass is 10.2. The number of rotatable bonds is 2. The minimum Gasteiger partial charge on any atom is -0.372 e. The van der Waals surface area contributed by atoms with Crippen LogP contribution in [0.1, 0.15) is 12.5 Å². The summed E-state index contributed by atoms with van der Waals surface area (Å²) in [4.78, 5) is 4.06. The van der Waals surface area contributed by atoms with Gasteiger partial charge < -0.3 is 5.32 Å². The number of hydrogen-bond donors (Lipinski definition) is 1. The number of aromatic nitrogens is 1. The molecule has 0 aliphatic heterocycles. The zero-order chi connectivity index (χ0) is 8.27. The van der Waals surface area contributed by atoms with E-state index in [2.05, 4.69) is 17.2 Å². The Kier molecular flexibility index (Phi) is 2.71. The second kappa shape index (κ2) is 3.58. The fraction of sp³-hybridized carbons (Fsp3) is 0.375. The van der Waals surface area contributed by atoms with Gasteiger partial charge >= 0.3 is 0 Å². The Balaban J connectivity index is 3.10. The number of hydrogen-bond acceptors (Lipinski definition) is 2. The first-order valence-electron chi connectivity index (χ1n) is 3.60. The molecule has 0 atom stereocenters. The normalized spacial score (nSPS) is 9.73. The molecule has 1 N–H and O–H groups in total. The first kappa shape index (κ1) is 8.34. The van der Waals surface area contributed by atoms with Gasteiger partial charge in [-0.05, 0) is 18.1 Å². The number of pyridine rings is 1. The lowest BCUT2D eigenvalue weighted by molar-refractivity contribution is 1.12. The van der Waals surface area contributed by atoms with E-state index in [1.54, 1.807) is 6.20 Å². The molecule has 60 valence electrons. The summed E-state index contributed by atoms with van der Waals surface area (Å²) in [6, 6.07) is 1.93. The first-order chi connectivity index (χ1) is 5.29. The molecule has 0 saturated carbocycles. The van der Waals surface area contributed by atoms with E-state index in [0.29, 0.717) is 0 Å². The third kappa shape index (κ3) is 1.63. The maximum Gasteiger partial charge on any atom is 0.144 e. The summed E-state index contributed by atoms with van der Waals surface area (Å²) >= 11 is 5.98. The minimum absolute atomic E-state index is 0.734. The second-order valence-electron chi connectivity index (χ2n) is 2.24. The van der Waals surface area contributed by atoms with Crippen molar-refractivity contribution in [2.24, 2.45) is 0 Å². The Morgan fingerprint density at radius 1 is 1.64 bits per heavy atom. The van der Waals surface area contributed by atoms with E-state index in [9.17, 15) is 0 Å². The van der Waals surface area contributed by atoms with E-state index in [1.807, 2.05) is 13.1 Å². The van der Waals surface area contributed by atoms with E-state index in [-0.39, 0.29) is 0 Å². The lowest BCUT2D eigenvalue weighted by Gasteiger charge is -2.04. The number of halogens is 1. The molecule has 1 heterocycles. The molecule has 1 aromatic heterocycles. The summed E-state index contributed by atoms with van der Waals surface area (Å²) in [7, 11) is 1.81. The van der Waals surface area contributed by atoms with E-state index in [0.717, 1.165) is 22.8 Å². The molecule has 0 spiro atoms. The smallest absolute Gasteiger partial charge is 0.144 e. The van der Waals surface area contributed by atoms with Gasteiger partial charge in [-0.25, -0.2) is 4.98 Å². The van der Waals surface area contributed by atoms with Crippen LogP contribution in [0.4, 0.5) is 5.82 Å². The molecule has 11 heavy (non-hydrogen) atoms. The van der Waals surface area contributed by atoms with Gasteiger partial charge in [0.1, 0.15) is 5.82 Å². The Morgan fingerprint density at radius 2 is 2.36 bits per heavy atom. The van der Waals surface area contributed by atoms with Crippen LogP contribution in [0.25, 0.3) is 0 Å². The molecule has 0 fully saturated rings. The summed E-state index contributed by atoms with van der Waals surface area (Å²) in [5.41, 5.74) is 1.13. The van der Waals surface area contributed by atoms with E-state index < -0.39 is 0 Å². The lowest BCUT2D eigenvalue weighted by Crippen LogP contribution is -1.95. The van der Waals surface area contributed by atoms with Crippen molar-refractivity contribution in [1.82, 2.24) is 4.98 Å². The molecular weight excluding hydrogens is 160 g/mol. The summed E-state index contributed by atoms with van der Waals surface area (Å²) in [5.74, 6) is 0.756. The fourth-order valence-electron chi connectivity index (χ4n) is 0.931. The summed E-state index contributed by atoms with van der Waals surface area (Å²) in [5, 5.41) is 3.66. The van der Waals surface area contributed by atoms with Crippen LogP contribution in [0.3, 0.4) is 0 Å². The third-order valence-corrected chi connectivity index (χ3v) is 2.01. The van der Waals surface area contributed by atoms with Gasteiger partial charge in [0.05, 0.1) is 5.02 Å². The Bertz CT molecular complexity index is 226. The van der Waals surface area contributed by atoms with Crippen molar-refractivity contribution in [1.29, 1.82) is 0 Å². The summed E-state index contributed by atoms with van der Waals surface area (Å²) in [6.45, 7) is 2.07. The molecule has 0 aromatic carbocycles. The highest BCUT2D eigenvalue weighted by atomic mass is 35.5. The van der Waals surface area contributed by atoms with Gasteiger partial charge in [-0.3, -0.25) is 0 Å². The SMILES string of the molecule is CCc1ccnc(NC)c1Cl. The van der Waals surface area contributed by atoms with Crippen LogP contribution in [0.2, 0.25) is 5.02 Å². The van der Waals surface area contributed by atoms with Crippen LogP contribution in [0.5, 0.6) is 0 Å². The highest BCUT2D eigenvalue weighted by Gasteiger charge is 2.02. The maximum absolute atomic E-state index is 5.98. The molecule has 0 aliphatic rings. The summed E-state index contributed by atoms with van der Waals surface area (Å²) < 4.78 is 0. The molecule has 0 aliphatic carbocycles. The fourth-order valence-corrected chi connectivity index (χ4v) is 1.27. The molecule has 0 saturated heterocycles.